The summed E-state index contributed by atoms with van der Waals surface area (Å²) in [6.07, 6.45) is 6.44. The minimum absolute atomic E-state index is 0.0568. The van der Waals surface area contributed by atoms with Crippen LogP contribution in [0.5, 0.6) is 5.88 Å². The van der Waals surface area contributed by atoms with Crippen LogP contribution in [0.4, 0.5) is 17.3 Å². The monoisotopic (exact) mass is 740 g/mol. The van der Waals surface area contributed by atoms with Crippen molar-refractivity contribution in [3.63, 3.8) is 0 Å². The van der Waals surface area contributed by atoms with Crippen molar-refractivity contribution in [1.82, 2.24) is 24.3 Å². The number of pyridine rings is 3. The quantitative estimate of drug-likeness (QED) is 0.177. The molecule has 2 aliphatic heterocycles. The van der Waals surface area contributed by atoms with Gasteiger partial charge in [-0.25, -0.2) is 14.8 Å². The number of aromatic carboxylic acids is 1. The van der Waals surface area contributed by atoms with Gasteiger partial charge in [0.15, 0.2) is 5.82 Å². The highest BCUT2D eigenvalue weighted by Crippen LogP contribution is 2.36. The number of ether oxygens (including phenoxy) is 1. The Kier molecular flexibility index (Phi) is 13.4. The van der Waals surface area contributed by atoms with Gasteiger partial charge in [-0.1, -0.05) is 23.2 Å². The Morgan fingerprint density at radius 3 is 2.45 bits per heavy atom. The molecule has 2 saturated heterocycles. The number of rotatable bonds is 10. The summed E-state index contributed by atoms with van der Waals surface area (Å²) < 4.78 is 7.81. The third kappa shape index (κ3) is 8.76. The number of carboxylic acid groups (broad SMARTS) is 1. The van der Waals surface area contributed by atoms with Crippen molar-refractivity contribution in [3.05, 3.63) is 74.6 Å². The van der Waals surface area contributed by atoms with Crippen LogP contribution in [0.2, 0.25) is 10.0 Å². The molecule has 5 heterocycles. The number of carbonyl (C=O) groups is 2. The van der Waals surface area contributed by atoms with Crippen molar-refractivity contribution in [3.8, 4) is 11.6 Å². The van der Waals surface area contributed by atoms with E-state index in [0.717, 1.165) is 38.9 Å². The normalized spacial score (nSPS) is 15.7. The first kappa shape index (κ1) is 39.0. The summed E-state index contributed by atoms with van der Waals surface area (Å²) in [7, 11) is 8.86. The van der Waals surface area contributed by atoms with Crippen LogP contribution in [0.15, 0.2) is 58.6 Å². The number of aliphatic imine (C=N–C) groups is 1. The molecule has 0 unspecified atom stereocenters. The molecular formula is C35H42Cl2N8O6. The molecule has 1 atom stereocenters. The van der Waals surface area contributed by atoms with Crippen molar-refractivity contribution in [2.45, 2.75) is 24.9 Å². The number of halogens is 2. The van der Waals surface area contributed by atoms with Crippen molar-refractivity contribution >= 4 is 70.5 Å². The molecule has 2 fully saturated rings. The number of hydrogen-bond donors (Lipinski definition) is 2. The Balaban J connectivity index is 0.00000141. The fourth-order valence-corrected chi connectivity index (χ4v) is 6.29. The molecule has 6 rings (SSSR count). The van der Waals surface area contributed by atoms with Crippen LogP contribution < -0.4 is 20.0 Å². The second-order valence-electron chi connectivity index (χ2n) is 12.2. The van der Waals surface area contributed by atoms with Gasteiger partial charge in [0.1, 0.15) is 29.8 Å². The van der Waals surface area contributed by atoms with E-state index in [1.165, 1.54) is 6.20 Å². The first-order valence-corrected chi connectivity index (χ1v) is 16.8. The molecule has 4 aromatic rings. The molecule has 51 heavy (non-hydrogen) atoms. The number of nitrogens with zero attached hydrogens (tertiary/aromatic N) is 8. The summed E-state index contributed by atoms with van der Waals surface area (Å²) in [4.78, 5) is 55.2. The lowest BCUT2D eigenvalue weighted by atomic mass is 10.1. The molecule has 1 aromatic carbocycles. The maximum atomic E-state index is 13.3. The third-order valence-corrected chi connectivity index (χ3v) is 9.14. The Morgan fingerprint density at radius 2 is 1.82 bits per heavy atom. The number of fused-ring (bicyclic) bond motifs is 1. The standard InChI is InChI=1S/C33H36Cl2N8O4.CH4O.CH2O/c1-39(2)19-37-29-9-8-25(34)32(38-29)47-18-21-6-5-11-42(21)28-13-27-23(12-26(28)35)31(44)24(33(45)46)17-43(27)20-7-10-30(36-14-20)41-15-22(16-41)40(3)4;2*1-2/h7-10,12-14,17,19,21-22H,5-6,11,15-16,18H2,1-4H3,(H,45,46);2H,1H3;1H2/t21-;;/m1../s1. The van der Waals surface area contributed by atoms with E-state index in [2.05, 4.69) is 43.8 Å². The molecule has 14 nitrogen and oxygen atoms in total. The first-order valence-electron chi connectivity index (χ1n) is 16.0. The van der Waals surface area contributed by atoms with E-state index in [1.807, 2.05) is 44.0 Å². The van der Waals surface area contributed by atoms with E-state index in [0.29, 0.717) is 51.9 Å². The maximum absolute atomic E-state index is 13.3. The van der Waals surface area contributed by atoms with Gasteiger partial charge in [0.05, 0.1) is 40.5 Å². The molecule has 0 bridgehead atoms. The lowest BCUT2D eigenvalue weighted by molar-refractivity contribution is -0.0980. The van der Waals surface area contributed by atoms with Crippen LogP contribution in [-0.2, 0) is 4.79 Å². The molecule has 16 heteroatoms. The summed E-state index contributed by atoms with van der Waals surface area (Å²) in [5.74, 6) is 0.288. The van der Waals surface area contributed by atoms with Gasteiger partial charge < -0.3 is 43.9 Å². The third-order valence-electron chi connectivity index (χ3n) is 8.55. The topological polar surface area (TPSA) is 157 Å². The van der Waals surface area contributed by atoms with Gasteiger partial charge in [-0.15, -0.1) is 0 Å². The predicted molar refractivity (Wildman–Crippen MR) is 201 cm³/mol. The highest BCUT2D eigenvalue weighted by molar-refractivity contribution is 6.34. The molecule has 0 spiro atoms. The minimum atomic E-state index is -1.31. The van der Waals surface area contributed by atoms with Crippen LogP contribution in [0.3, 0.4) is 0 Å². The van der Waals surface area contributed by atoms with Gasteiger partial charge in [0.25, 0.3) is 0 Å². The Hall–Kier alpha value is -4.76. The Morgan fingerprint density at radius 1 is 1.10 bits per heavy atom. The number of carbonyl (C=O) groups excluding carboxylic acids is 1. The van der Waals surface area contributed by atoms with Crippen molar-refractivity contribution in [2.24, 2.45) is 4.99 Å². The van der Waals surface area contributed by atoms with Crippen molar-refractivity contribution < 1.29 is 24.5 Å². The summed E-state index contributed by atoms with van der Waals surface area (Å²) in [6.45, 7) is 4.77. The van der Waals surface area contributed by atoms with Crippen molar-refractivity contribution in [2.75, 3.05) is 71.3 Å². The molecule has 2 aliphatic rings. The average Bonchev–Trinajstić information content (AvgIpc) is 3.57. The lowest BCUT2D eigenvalue weighted by Crippen LogP contribution is -2.57. The van der Waals surface area contributed by atoms with E-state index < -0.39 is 11.4 Å². The molecule has 0 amide bonds. The minimum Gasteiger partial charge on any atom is -0.477 e. The van der Waals surface area contributed by atoms with E-state index in [-0.39, 0.29) is 22.9 Å². The summed E-state index contributed by atoms with van der Waals surface area (Å²) in [6, 6.07) is 11.0. The van der Waals surface area contributed by atoms with Crippen LogP contribution in [-0.4, -0.2) is 127 Å². The molecule has 0 saturated carbocycles. The second kappa shape index (κ2) is 17.4. The number of aliphatic hydroxyl groups excluding tert-OH is 1. The number of benzene rings is 1. The zero-order chi connectivity index (χ0) is 37.4. The average molecular weight is 742 g/mol. The molecule has 0 aliphatic carbocycles. The van der Waals surface area contributed by atoms with Crippen LogP contribution in [0.1, 0.15) is 23.2 Å². The number of aromatic nitrogens is 3. The SMILES string of the molecule is C=O.CN(C)C=Nc1ccc(Cl)c(OC[C@H]2CCCN2c2cc3c(cc2Cl)c(=O)c(C(=O)O)cn3-c2ccc(N3CC(N(C)C)C3)nc2)n1.CO. The van der Waals surface area contributed by atoms with Crippen LogP contribution in [0, 0.1) is 0 Å². The fraction of sp³-hybridized carbons (Fsp3) is 0.371. The second-order valence-corrected chi connectivity index (χ2v) is 13.0. The largest absolute Gasteiger partial charge is 0.477 e. The fourth-order valence-electron chi connectivity index (χ4n) is 5.86. The smallest absolute Gasteiger partial charge is 0.341 e. The van der Waals surface area contributed by atoms with Gasteiger partial charge >= 0.3 is 5.97 Å². The van der Waals surface area contributed by atoms with Crippen LogP contribution in [0.25, 0.3) is 16.6 Å². The van der Waals surface area contributed by atoms with Gasteiger partial charge in [-0.2, -0.15) is 4.98 Å². The van der Waals surface area contributed by atoms with Gasteiger partial charge in [-0.05, 0) is 63.3 Å². The summed E-state index contributed by atoms with van der Waals surface area (Å²) in [5, 5.41) is 17.8. The van der Waals surface area contributed by atoms with Gasteiger partial charge in [-0.3, -0.25) is 4.79 Å². The van der Waals surface area contributed by atoms with Crippen LogP contribution >= 0.6 is 23.2 Å². The van der Waals surface area contributed by atoms with Crippen molar-refractivity contribution in [1.29, 1.82) is 0 Å². The predicted octanol–water partition coefficient (Wildman–Crippen LogP) is 4.23. The van der Waals surface area contributed by atoms with Gasteiger partial charge in [0, 0.05) is 58.5 Å². The van der Waals surface area contributed by atoms with Gasteiger partial charge in [0.2, 0.25) is 11.3 Å². The highest BCUT2D eigenvalue weighted by atomic mass is 35.5. The number of hydrogen-bond acceptors (Lipinski definition) is 11. The zero-order valence-electron chi connectivity index (χ0n) is 29.2. The summed E-state index contributed by atoms with van der Waals surface area (Å²) in [5.41, 5.74) is 0.906. The number of carboxylic acids is 1. The molecule has 3 aromatic heterocycles. The van der Waals surface area contributed by atoms with E-state index in [1.54, 1.807) is 35.3 Å². The number of likely N-dealkylation sites (N-methyl/N-ethyl adjacent to an activating group) is 1. The first-order chi connectivity index (χ1) is 24.5. The zero-order valence-corrected chi connectivity index (χ0v) is 30.7. The maximum Gasteiger partial charge on any atom is 0.341 e. The molecular weight excluding hydrogens is 699 g/mol. The molecule has 2 N–H and O–H groups in total. The number of anilines is 2. The number of aliphatic hydroxyl groups is 1. The molecule has 272 valence electrons. The van der Waals surface area contributed by atoms with E-state index >= 15 is 0 Å². The Bertz CT molecular complexity index is 1920. The van der Waals surface area contributed by atoms with E-state index in [4.69, 9.17) is 37.8 Å². The summed E-state index contributed by atoms with van der Waals surface area (Å²) >= 11 is 13.2. The highest BCUT2D eigenvalue weighted by Gasteiger charge is 2.30. The lowest BCUT2D eigenvalue weighted by Gasteiger charge is -2.43. The Labute approximate surface area is 306 Å². The van der Waals surface area contributed by atoms with E-state index in [9.17, 15) is 14.7 Å². The molecule has 0 radical (unpaired) electrons.